The molecule has 0 saturated heterocycles. The van der Waals surface area contributed by atoms with Crippen LogP contribution in [0.3, 0.4) is 0 Å². The van der Waals surface area contributed by atoms with E-state index >= 15 is 0 Å². The quantitative estimate of drug-likeness (QED) is 0.192. The second-order valence-corrected chi connectivity index (χ2v) is 9.86. The van der Waals surface area contributed by atoms with E-state index in [-0.39, 0.29) is 43.4 Å². The summed E-state index contributed by atoms with van der Waals surface area (Å²) in [5.41, 5.74) is 0.374. The number of nitrogens with zero attached hydrogens (tertiary/aromatic N) is 2. The molecule has 204 valence electrons. The number of hydrogen-bond donors (Lipinski definition) is 4. The molecule has 4 N–H and O–H groups in total. The highest BCUT2D eigenvalue weighted by Crippen LogP contribution is 2.35. The van der Waals surface area contributed by atoms with Gasteiger partial charge in [-0.25, -0.2) is 23.5 Å². The summed E-state index contributed by atoms with van der Waals surface area (Å²) in [6.45, 7) is -0.564. The van der Waals surface area contributed by atoms with Gasteiger partial charge in [0.1, 0.15) is 18.2 Å². The molecule has 0 aliphatic rings. The van der Waals surface area contributed by atoms with Crippen molar-refractivity contribution < 1.29 is 37.6 Å². The molecule has 0 fully saturated rings. The molecule has 0 spiro atoms. The number of likely N-dealkylation sites (N-methyl/N-ethyl adjacent to an activating group) is 1. The Balaban J connectivity index is 1.60. The minimum absolute atomic E-state index is 0.0528. The second-order valence-electron chi connectivity index (χ2n) is 8.24. The van der Waals surface area contributed by atoms with Gasteiger partial charge < -0.3 is 24.7 Å². The maximum absolute atomic E-state index is 13.7. The van der Waals surface area contributed by atoms with E-state index in [2.05, 4.69) is 20.1 Å². The predicted octanol–water partition coefficient (Wildman–Crippen LogP) is 4.68. The molecule has 1 atom stereocenters. The van der Waals surface area contributed by atoms with E-state index in [4.69, 9.17) is 26.1 Å². The van der Waals surface area contributed by atoms with Crippen LogP contribution in [0.5, 0.6) is 0 Å². The van der Waals surface area contributed by atoms with Crippen LogP contribution in [0.2, 0.25) is 5.02 Å². The smallest absolute Gasteiger partial charge is 0.447 e. The van der Waals surface area contributed by atoms with Crippen LogP contribution in [0, 0.1) is 5.82 Å². The average molecular weight is 569 g/mol. The zero-order valence-electron chi connectivity index (χ0n) is 20.3. The summed E-state index contributed by atoms with van der Waals surface area (Å²) >= 11 is 5.94. The molecule has 3 rings (SSSR count). The minimum atomic E-state index is -4.65. The third-order valence-corrected chi connectivity index (χ3v) is 6.48. The summed E-state index contributed by atoms with van der Waals surface area (Å²) in [5, 5.41) is 6.82. The van der Waals surface area contributed by atoms with Crippen molar-refractivity contribution >= 4 is 48.1 Å². The van der Waals surface area contributed by atoms with Crippen LogP contribution in [0.1, 0.15) is 18.4 Å². The molecule has 0 bridgehead atoms. The van der Waals surface area contributed by atoms with Gasteiger partial charge in [-0.15, -0.1) is 0 Å². The van der Waals surface area contributed by atoms with E-state index in [1.807, 2.05) is 24.3 Å². The molecular weight excluding hydrogens is 542 g/mol. The number of carbonyl (C=O) groups is 2. The van der Waals surface area contributed by atoms with Gasteiger partial charge in [-0.1, -0.05) is 48.0 Å². The van der Waals surface area contributed by atoms with Gasteiger partial charge in [-0.2, -0.15) is 0 Å². The van der Waals surface area contributed by atoms with Gasteiger partial charge in [0, 0.05) is 25.2 Å². The standard InChI is InChI=1S/C24H27ClFN4O7P/c1-30(23(31)28-14-18-8-4-10-20(26)22(18)25)19(9-5-11-37-38(33,34)35)15-36-24(32)29-21-12-16-6-2-3-7-17(16)13-27-21/h2-4,6-8,10,12-13,19H,5,9,11,14-15H2,1H3,(H,28,31)(H,27,29,32)(H2,33,34,35)/t19-/m0/s1. The number of aromatic nitrogens is 1. The van der Waals surface area contributed by atoms with Gasteiger partial charge in [0.25, 0.3) is 0 Å². The van der Waals surface area contributed by atoms with Crippen molar-refractivity contribution in [1.82, 2.24) is 15.2 Å². The Hall–Kier alpha value is -3.28. The number of pyridine rings is 1. The topological polar surface area (TPSA) is 150 Å². The fourth-order valence-corrected chi connectivity index (χ4v) is 4.06. The van der Waals surface area contributed by atoms with E-state index in [1.54, 1.807) is 18.3 Å². The molecule has 2 aromatic carbocycles. The fourth-order valence-electron chi connectivity index (χ4n) is 3.50. The van der Waals surface area contributed by atoms with E-state index in [9.17, 15) is 18.5 Å². The van der Waals surface area contributed by atoms with Crippen LogP contribution < -0.4 is 10.6 Å². The van der Waals surface area contributed by atoms with E-state index in [1.165, 1.54) is 24.1 Å². The lowest BCUT2D eigenvalue weighted by atomic mass is 10.1. The molecule has 0 saturated carbocycles. The molecule has 0 unspecified atom stereocenters. The Kier molecular flexibility index (Phi) is 10.4. The molecular formula is C24H27ClFN4O7P. The molecule has 0 radical (unpaired) electrons. The summed E-state index contributed by atoms with van der Waals surface area (Å²) in [6.07, 6.45) is 1.15. The van der Waals surface area contributed by atoms with Crippen LogP contribution in [-0.4, -0.2) is 58.1 Å². The van der Waals surface area contributed by atoms with E-state index in [0.717, 1.165) is 10.8 Å². The lowest BCUT2D eigenvalue weighted by Crippen LogP contribution is -2.46. The lowest BCUT2D eigenvalue weighted by molar-refractivity contribution is 0.109. The average Bonchev–Trinajstić information content (AvgIpc) is 2.87. The zero-order valence-corrected chi connectivity index (χ0v) is 22.0. The first-order valence-electron chi connectivity index (χ1n) is 11.5. The first kappa shape index (κ1) is 29.3. The Bertz CT molecular complexity index is 1330. The predicted molar refractivity (Wildman–Crippen MR) is 139 cm³/mol. The lowest BCUT2D eigenvalue weighted by Gasteiger charge is -2.28. The third-order valence-electron chi connectivity index (χ3n) is 5.54. The summed E-state index contributed by atoms with van der Waals surface area (Å²) in [7, 11) is -3.19. The van der Waals surface area contributed by atoms with Gasteiger partial charge in [0.15, 0.2) is 0 Å². The number of amides is 3. The zero-order chi connectivity index (χ0) is 27.7. The second kappa shape index (κ2) is 13.5. The summed E-state index contributed by atoms with van der Waals surface area (Å²) < 4.78 is 34.4. The number of benzene rings is 2. The first-order chi connectivity index (χ1) is 18.0. The van der Waals surface area contributed by atoms with Crippen molar-refractivity contribution in [2.45, 2.75) is 25.4 Å². The maximum Gasteiger partial charge on any atom is 0.469 e. The highest BCUT2D eigenvalue weighted by atomic mass is 35.5. The van der Waals surface area contributed by atoms with Crippen LogP contribution in [0.15, 0.2) is 54.7 Å². The van der Waals surface area contributed by atoms with Crippen molar-refractivity contribution in [3.8, 4) is 0 Å². The molecule has 0 aliphatic carbocycles. The van der Waals surface area contributed by atoms with Crippen molar-refractivity contribution in [2.24, 2.45) is 0 Å². The van der Waals surface area contributed by atoms with Crippen LogP contribution in [0.4, 0.5) is 19.8 Å². The largest absolute Gasteiger partial charge is 0.469 e. The molecule has 3 amide bonds. The van der Waals surface area contributed by atoms with Gasteiger partial charge >= 0.3 is 19.9 Å². The number of fused-ring (bicyclic) bond motifs is 1. The number of urea groups is 1. The summed E-state index contributed by atoms with van der Waals surface area (Å²) in [5.74, 6) is -0.339. The molecule has 11 nitrogen and oxygen atoms in total. The maximum atomic E-state index is 13.7. The number of ether oxygens (including phenoxy) is 1. The van der Waals surface area contributed by atoms with Gasteiger partial charge in [-0.05, 0) is 35.9 Å². The minimum Gasteiger partial charge on any atom is -0.447 e. The molecule has 38 heavy (non-hydrogen) atoms. The number of nitrogens with one attached hydrogen (secondary N) is 2. The third kappa shape index (κ3) is 8.93. The van der Waals surface area contributed by atoms with Crippen molar-refractivity contribution in [1.29, 1.82) is 0 Å². The van der Waals surface area contributed by atoms with Crippen LogP contribution >= 0.6 is 19.4 Å². The van der Waals surface area contributed by atoms with Gasteiger partial charge in [-0.3, -0.25) is 9.84 Å². The number of hydrogen-bond acceptors (Lipinski definition) is 6. The van der Waals surface area contributed by atoms with Crippen molar-refractivity contribution in [3.63, 3.8) is 0 Å². The van der Waals surface area contributed by atoms with Gasteiger partial charge in [0.2, 0.25) is 0 Å². The Morgan fingerprint density at radius 3 is 2.66 bits per heavy atom. The monoisotopic (exact) mass is 568 g/mol. The van der Waals surface area contributed by atoms with Crippen LogP contribution in [-0.2, 0) is 20.4 Å². The van der Waals surface area contributed by atoms with E-state index in [0.29, 0.717) is 5.56 Å². The number of anilines is 1. The fraction of sp³-hybridized carbons (Fsp3) is 0.292. The number of rotatable bonds is 11. The Morgan fingerprint density at radius 2 is 1.92 bits per heavy atom. The summed E-state index contributed by atoms with van der Waals surface area (Å²) in [4.78, 5) is 48.4. The molecule has 1 heterocycles. The number of carbonyl (C=O) groups excluding carboxylic acids is 2. The Labute approximate surface area is 223 Å². The van der Waals surface area contributed by atoms with Gasteiger partial charge in [0.05, 0.1) is 17.7 Å². The SMILES string of the molecule is CN(C(=O)NCc1cccc(F)c1Cl)[C@@H](CCCOP(=O)(O)O)COC(=O)Nc1cc2ccccc2cn1. The van der Waals surface area contributed by atoms with E-state index < -0.39 is 31.8 Å². The highest BCUT2D eigenvalue weighted by Gasteiger charge is 2.23. The number of phosphoric acid groups is 1. The van der Waals surface area contributed by atoms with Crippen LogP contribution in [0.25, 0.3) is 10.8 Å². The number of halogens is 2. The molecule has 0 aliphatic heterocycles. The van der Waals surface area contributed by atoms with Crippen molar-refractivity contribution in [3.05, 3.63) is 71.1 Å². The normalized spacial score (nSPS) is 12.1. The highest BCUT2D eigenvalue weighted by molar-refractivity contribution is 7.46. The number of phosphoric ester groups is 1. The Morgan fingerprint density at radius 1 is 1.18 bits per heavy atom. The van der Waals surface area contributed by atoms with Crippen molar-refractivity contribution in [2.75, 3.05) is 25.6 Å². The molecule has 1 aromatic heterocycles. The molecule has 3 aromatic rings. The molecule has 14 heteroatoms. The first-order valence-corrected chi connectivity index (χ1v) is 13.4. The summed E-state index contributed by atoms with van der Waals surface area (Å²) in [6, 6.07) is 12.1.